The van der Waals surface area contributed by atoms with Gasteiger partial charge in [-0.05, 0) is 51.4 Å². The standard InChI is InChI=1S/C52H96NO8P/c1-6-8-10-12-14-16-18-20-22-23-24-25-26-27-28-29-31-33-35-37-39-41-43-45-52(55)61-50(49-60-62(56,57)59-47-46-53(3,4)5)48-58-51(54)44-42-40-38-36-34-32-30-21-19-17-15-13-11-9-7-2/h8,10,14,16,20,22,24-25,50H,6-7,9,11-13,15,17-19,21,23,26-49H2,1-5H3/b10-8-,16-14-,22-20-,25-24-. The van der Waals surface area contributed by atoms with Gasteiger partial charge in [-0.3, -0.25) is 14.2 Å². The minimum absolute atomic E-state index is 0.0315. The van der Waals surface area contributed by atoms with Crippen LogP contribution in [0.2, 0.25) is 0 Å². The van der Waals surface area contributed by atoms with Crippen molar-refractivity contribution in [1.82, 2.24) is 0 Å². The number of phosphoric acid groups is 1. The molecule has 0 aromatic heterocycles. The second-order valence-corrected chi connectivity index (χ2v) is 19.6. The predicted molar refractivity (Wildman–Crippen MR) is 259 cm³/mol. The van der Waals surface area contributed by atoms with E-state index in [0.29, 0.717) is 17.4 Å². The third-order valence-electron chi connectivity index (χ3n) is 10.9. The summed E-state index contributed by atoms with van der Waals surface area (Å²) in [6.45, 7) is 4.13. The van der Waals surface area contributed by atoms with E-state index in [-0.39, 0.29) is 32.0 Å². The molecule has 0 aromatic carbocycles. The first-order chi connectivity index (χ1) is 30.0. The SMILES string of the molecule is CC/C=C\C/C=C\C/C=C\C/C=C\CCCCCCCCCCCCC(=O)OC(COC(=O)CCCCCCCCCCCCCCCCC)COP(=O)([O-])OCC[N+](C)(C)C. The van der Waals surface area contributed by atoms with Crippen LogP contribution < -0.4 is 4.89 Å². The van der Waals surface area contributed by atoms with Gasteiger partial charge < -0.3 is 27.9 Å². The number of likely N-dealkylation sites (N-methyl/N-ethyl adjacent to an activating group) is 1. The Morgan fingerprint density at radius 1 is 0.516 bits per heavy atom. The van der Waals surface area contributed by atoms with Gasteiger partial charge in [-0.1, -0.05) is 204 Å². The van der Waals surface area contributed by atoms with Crippen molar-refractivity contribution in [1.29, 1.82) is 0 Å². The molecule has 0 heterocycles. The Morgan fingerprint density at radius 2 is 0.919 bits per heavy atom. The van der Waals surface area contributed by atoms with Crippen LogP contribution in [0, 0.1) is 0 Å². The fraction of sp³-hybridized carbons (Fsp3) is 0.808. The van der Waals surface area contributed by atoms with Crippen LogP contribution in [0.1, 0.15) is 219 Å². The summed E-state index contributed by atoms with van der Waals surface area (Å²) in [5.41, 5.74) is 0. The quantitative estimate of drug-likeness (QED) is 0.0195. The van der Waals surface area contributed by atoms with Gasteiger partial charge in [-0.25, -0.2) is 0 Å². The Kier molecular flexibility index (Phi) is 42.7. The lowest BCUT2D eigenvalue weighted by Gasteiger charge is -2.28. The Hall–Kier alpha value is -2.03. The normalized spacial score (nSPS) is 13.8. The van der Waals surface area contributed by atoms with E-state index in [0.717, 1.165) is 70.6 Å². The molecule has 0 aliphatic heterocycles. The number of phosphoric ester groups is 1. The molecule has 0 radical (unpaired) electrons. The lowest BCUT2D eigenvalue weighted by molar-refractivity contribution is -0.870. The predicted octanol–water partition coefficient (Wildman–Crippen LogP) is 14.4. The molecule has 0 N–H and O–H groups in total. The van der Waals surface area contributed by atoms with Crippen molar-refractivity contribution >= 4 is 19.8 Å². The molecule has 0 saturated heterocycles. The minimum Gasteiger partial charge on any atom is -0.756 e. The van der Waals surface area contributed by atoms with Crippen LogP contribution >= 0.6 is 7.82 Å². The highest BCUT2D eigenvalue weighted by Gasteiger charge is 2.21. The molecule has 0 amide bonds. The van der Waals surface area contributed by atoms with Gasteiger partial charge in [0, 0.05) is 12.8 Å². The lowest BCUT2D eigenvalue weighted by atomic mass is 10.0. The lowest BCUT2D eigenvalue weighted by Crippen LogP contribution is -2.37. The zero-order chi connectivity index (χ0) is 45.7. The van der Waals surface area contributed by atoms with E-state index in [1.807, 2.05) is 21.1 Å². The molecule has 62 heavy (non-hydrogen) atoms. The highest BCUT2D eigenvalue weighted by Crippen LogP contribution is 2.38. The summed E-state index contributed by atoms with van der Waals surface area (Å²) in [4.78, 5) is 37.7. The van der Waals surface area contributed by atoms with Crippen molar-refractivity contribution < 1.29 is 42.1 Å². The van der Waals surface area contributed by atoms with Crippen molar-refractivity contribution in [2.45, 2.75) is 225 Å². The first-order valence-electron chi connectivity index (χ1n) is 25.3. The molecule has 2 atom stereocenters. The fourth-order valence-corrected chi connectivity index (χ4v) is 7.67. The van der Waals surface area contributed by atoms with Crippen LogP contribution in [0.5, 0.6) is 0 Å². The summed E-state index contributed by atoms with van der Waals surface area (Å²) in [5, 5.41) is 0. The topological polar surface area (TPSA) is 111 Å². The second-order valence-electron chi connectivity index (χ2n) is 18.2. The number of nitrogens with zero attached hydrogens (tertiary/aromatic N) is 1. The van der Waals surface area contributed by atoms with Crippen LogP contribution in [-0.4, -0.2) is 70.0 Å². The largest absolute Gasteiger partial charge is 0.756 e. The Labute approximate surface area is 382 Å². The molecule has 0 fully saturated rings. The van der Waals surface area contributed by atoms with Crippen molar-refractivity contribution in [3.05, 3.63) is 48.6 Å². The Bertz CT molecular complexity index is 1190. The number of quaternary nitrogens is 1. The number of hydrogen-bond donors (Lipinski definition) is 0. The van der Waals surface area contributed by atoms with Crippen LogP contribution in [0.4, 0.5) is 0 Å². The summed E-state index contributed by atoms with van der Waals surface area (Å²) in [6.07, 6.45) is 52.8. The number of hydrogen-bond acceptors (Lipinski definition) is 8. The number of carbonyl (C=O) groups is 2. The molecule has 362 valence electrons. The van der Waals surface area contributed by atoms with E-state index < -0.39 is 26.5 Å². The molecule has 0 rings (SSSR count). The van der Waals surface area contributed by atoms with Crippen molar-refractivity contribution in [2.75, 3.05) is 47.5 Å². The molecule has 0 aliphatic rings. The zero-order valence-corrected chi connectivity index (χ0v) is 41.7. The second kappa shape index (κ2) is 44.2. The number of rotatable bonds is 46. The van der Waals surface area contributed by atoms with Gasteiger partial charge in [0.15, 0.2) is 6.10 Å². The summed E-state index contributed by atoms with van der Waals surface area (Å²) in [6, 6.07) is 0. The number of ether oxygens (including phenoxy) is 2. The smallest absolute Gasteiger partial charge is 0.306 e. The average Bonchev–Trinajstić information content (AvgIpc) is 3.23. The molecule has 9 nitrogen and oxygen atoms in total. The van der Waals surface area contributed by atoms with Crippen LogP contribution in [0.25, 0.3) is 0 Å². The summed E-state index contributed by atoms with van der Waals surface area (Å²) >= 11 is 0. The number of allylic oxidation sites excluding steroid dienone is 8. The van der Waals surface area contributed by atoms with E-state index in [2.05, 4.69) is 62.5 Å². The third-order valence-corrected chi connectivity index (χ3v) is 11.8. The van der Waals surface area contributed by atoms with E-state index in [9.17, 15) is 19.0 Å². The fourth-order valence-electron chi connectivity index (χ4n) is 6.94. The van der Waals surface area contributed by atoms with E-state index in [1.54, 1.807) is 0 Å². The highest BCUT2D eigenvalue weighted by molar-refractivity contribution is 7.45. The first kappa shape index (κ1) is 60.0. The van der Waals surface area contributed by atoms with Gasteiger partial charge in [0.25, 0.3) is 7.82 Å². The minimum atomic E-state index is -4.63. The Morgan fingerprint density at radius 3 is 1.37 bits per heavy atom. The zero-order valence-electron chi connectivity index (χ0n) is 40.8. The summed E-state index contributed by atoms with van der Waals surface area (Å²) in [5.74, 6) is -0.832. The maximum Gasteiger partial charge on any atom is 0.306 e. The van der Waals surface area contributed by atoms with Gasteiger partial charge >= 0.3 is 11.9 Å². The van der Waals surface area contributed by atoms with Crippen molar-refractivity contribution in [3.8, 4) is 0 Å². The summed E-state index contributed by atoms with van der Waals surface area (Å²) < 4.78 is 34.0. The number of unbranched alkanes of at least 4 members (excludes halogenated alkanes) is 24. The van der Waals surface area contributed by atoms with Crippen LogP contribution in [-0.2, 0) is 32.7 Å². The molecule has 0 aromatic rings. The van der Waals surface area contributed by atoms with Gasteiger partial charge in [-0.2, -0.15) is 0 Å². The van der Waals surface area contributed by atoms with Gasteiger partial charge in [-0.15, -0.1) is 0 Å². The van der Waals surface area contributed by atoms with Gasteiger partial charge in [0.1, 0.15) is 19.8 Å². The number of carbonyl (C=O) groups excluding carboxylic acids is 2. The molecule has 10 heteroatoms. The monoisotopic (exact) mass is 894 g/mol. The number of esters is 2. The average molecular weight is 894 g/mol. The molecule has 2 unspecified atom stereocenters. The maximum absolute atomic E-state index is 12.7. The maximum atomic E-state index is 12.7. The third kappa shape index (κ3) is 47.4. The first-order valence-corrected chi connectivity index (χ1v) is 26.8. The van der Waals surface area contributed by atoms with Crippen molar-refractivity contribution in [3.63, 3.8) is 0 Å². The van der Waals surface area contributed by atoms with Gasteiger partial charge in [0.2, 0.25) is 0 Å². The van der Waals surface area contributed by atoms with Crippen LogP contribution in [0.3, 0.4) is 0 Å². The highest BCUT2D eigenvalue weighted by atomic mass is 31.2. The molecular formula is C52H96NO8P. The molecule has 0 aliphatic carbocycles. The van der Waals surface area contributed by atoms with Crippen LogP contribution in [0.15, 0.2) is 48.6 Å². The Balaban J connectivity index is 4.24. The van der Waals surface area contributed by atoms with Gasteiger partial charge in [0.05, 0.1) is 27.7 Å². The van der Waals surface area contributed by atoms with Crippen molar-refractivity contribution in [2.24, 2.45) is 0 Å². The molecule has 0 bridgehead atoms. The molecular weight excluding hydrogens is 798 g/mol. The molecule has 0 spiro atoms. The summed E-state index contributed by atoms with van der Waals surface area (Å²) in [7, 11) is 1.17. The molecule has 0 saturated carbocycles. The van der Waals surface area contributed by atoms with E-state index >= 15 is 0 Å². The van der Waals surface area contributed by atoms with E-state index in [4.69, 9.17) is 18.5 Å². The van der Waals surface area contributed by atoms with E-state index in [1.165, 1.54) is 116 Å².